The molecule has 62 valence electrons. The highest BCUT2D eigenvalue weighted by atomic mass is 16.6. The molecule has 0 heterocycles. The van der Waals surface area contributed by atoms with Crippen LogP contribution in [0.3, 0.4) is 0 Å². The smallest absolute Gasteiger partial charge is 0.220 e. The highest BCUT2D eigenvalue weighted by Gasteiger charge is 1.91. The Morgan fingerprint density at radius 2 is 2.00 bits per heavy atom. The number of rotatable bonds is 2. The van der Waals surface area contributed by atoms with E-state index in [1.54, 1.807) is 30.3 Å². The Bertz CT molecular complexity index is 306. The Morgan fingerprint density at radius 3 is 2.50 bits per heavy atom. The average molecular weight is 163 g/mol. The van der Waals surface area contributed by atoms with Crippen LogP contribution in [0.2, 0.25) is 0 Å². The van der Waals surface area contributed by atoms with Gasteiger partial charge in [-0.1, -0.05) is 36.0 Å². The quantitative estimate of drug-likeness (QED) is 0.496. The predicted octanol–water partition coefficient (Wildman–Crippen LogP) is 2.31. The van der Waals surface area contributed by atoms with Crippen LogP contribution in [0.25, 0.3) is 11.4 Å². The average Bonchev–Trinajstić information content (AvgIpc) is 2.05. The molecule has 4 heteroatoms. The second-order valence-corrected chi connectivity index (χ2v) is 2.19. The summed E-state index contributed by atoms with van der Waals surface area (Å²) in [6.07, 6.45) is 0.676. The minimum absolute atomic E-state index is 0.0828. The fraction of sp³-hybridized carbons (Fsp3) is 0. The van der Waals surface area contributed by atoms with E-state index < -0.39 is 4.92 Å². The van der Waals surface area contributed by atoms with Gasteiger partial charge in [0, 0.05) is 0 Å². The summed E-state index contributed by atoms with van der Waals surface area (Å²) in [4.78, 5) is 9.36. The maximum atomic E-state index is 9.99. The van der Waals surface area contributed by atoms with Crippen molar-refractivity contribution in [3.63, 3.8) is 0 Å². The van der Waals surface area contributed by atoms with Crippen molar-refractivity contribution >= 4 is 5.70 Å². The van der Waals surface area contributed by atoms with Crippen LogP contribution >= 0.6 is 0 Å². The van der Waals surface area contributed by atoms with Crippen LogP contribution in [-0.4, -0.2) is 4.92 Å². The lowest BCUT2D eigenvalue weighted by Gasteiger charge is -2.04. The first kappa shape index (κ1) is 8.26. The Morgan fingerprint density at radius 1 is 1.42 bits per heavy atom. The fourth-order valence-corrected chi connectivity index (χ4v) is 0.798. The van der Waals surface area contributed by atoms with E-state index in [9.17, 15) is 10.1 Å². The molecule has 0 aliphatic carbocycles. The predicted molar refractivity (Wildman–Crippen MR) is 45.7 cm³/mol. The van der Waals surface area contributed by atoms with Gasteiger partial charge in [0.25, 0.3) is 0 Å². The van der Waals surface area contributed by atoms with Gasteiger partial charge in [0.2, 0.25) is 6.20 Å². The zero-order chi connectivity index (χ0) is 8.97. The fourth-order valence-electron chi connectivity index (χ4n) is 0.798. The molecule has 1 rings (SSSR count). The normalized spacial score (nSPS) is 11.2. The molecule has 12 heavy (non-hydrogen) atoms. The first-order valence-corrected chi connectivity index (χ1v) is 3.32. The van der Waals surface area contributed by atoms with Gasteiger partial charge in [0.15, 0.2) is 0 Å². The third-order valence-corrected chi connectivity index (χ3v) is 1.32. The van der Waals surface area contributed by atoms with Crippen molar-refractivity contribution in [2.45, 2.75) is 0 Å². The third-order valence-electron chi connectivity index (χ3n) is 1.32. The molecule has 0 saturated carbocycles. The Kier molecular flexibility index (Phi) is 2.42. The number of nitrogens with zero attached hydrogens (tertiary/aromatic N) is 1. The second kappa shape index (κ2) is 3.52. The van der Waals surface area contributed by atoms with Crippen molar-refractivity contribution in [3.8, 4) is 0 Å². The molecule has 0 bridgehead atoms. The lowest BCUT2D eigenvalue weighted by atomic mass is 10.2. The minimum atomic E-state index is -0.630. The number of benzene rings is 1. The molecule has 0 spiro atoms. The largest absolute Gasteiger partial charge is 0.693 e. The van der Waals surface area contributed by atoms with Gasteiger partial charge in [-0.05, 0) is 5.56 Å². The lowest BCUT2D eigenvalue weighted by Crippen LogP contribution is -1.86. The van der Waals surface area contributed by atoms with E-state index in [0.717, 1.165) is 0 Å². The van der Waals surface area contributed by atoms with Crippen molar-refractivity contribution < 1.29 is 4.92 Å². The van der Waals surface area contributed by atoms with Gasteiger partial charge in [-0.25, -0.2) is 0 Å². The molecular formula is C8H7N2O2-. The second-order valence-electron chi connectivity index (χ2n) is 2.19. The number of nitrogens with one attached hydrogen (secondary N) is 1. The summed E-state index contributed by atoms with van der Waals surface area (Å²) < 4.78 is 0. The van der Waals surface area contributed by atoms with Crippen molar-refractivity contribution in [2.24, 2.45) is 0 Å². The highest BCUT2D eigenvalue weighted by Crippen LogP contribution is 2.12. The van der Waals surface area contributed by atoms with Gasteiger partial charge < -0.3 is 5.73 Å². The Balaban J connectivity index is 2.93. The van der Waals surface area contributed by atoms with Crippen LogP contribution in [0.4, 0.5) is 0 Å². The van der Waals surface area contributed by atoms with Crippen LogP contribution < -0.4 is 0 Å². The lowest BCUT2D eigenvalue weighted by molar-refractivity contribution is -0.401. The van der Waals surface area contributed by atoms with E-state index >= 15 is 0 Å². The molecule has 1 aromatic rings. The van der Waals surface area contributed by atoms with Gasteiger partial charge in [-0.15, -0.1) is 0 Å². The Labute approximate surface area is 69.5 Å². The maximum absolute atomic E-state index is 9.99. The van der Waals surface area contributed by atoms with E-state index in [4.69, 9.17) is 5.73 Å². The van der Waals surface area contributed by atoms with Crippen molar-refractivity contribution in [3.05, 3.63) is 57.9 Å². The minimum Gasteiger partial charge on any atom is -0.693 e. The number of hydrogen-bond acceptors (Lipinski definition) is 2. The molecule has 0 aliphatic heterocycles. The first-order valence-electron chi connectivity index (χ1n) is 3.32. The summed E-state index contributed by atoms with van der Waals surface area (Å²) in [5.74, 6) is 0. The van der Waals surface area contributed by atoms with Crippen LogP contribution in [0, 0.1) is 10.1 Å². The highest BCUT2D eigenvalue weighted by molar-refractivity contribution is 5.68. The van der Waals surface area contributed by atoms with E-state index in [1.807, 2.05) is 0 Å². The van der Waals surface area contributed by atoms with Crippen molar-refractivity contribution in [1.29, 1.82) is 0 Å². The first-order chi connectivity index (χ1) is 5.70. The van der Waals surface area contributed by atoms with Crippen LogP contribution in [0.5, 0.6) is 0 Å². The molecular weight excluding hydrogens is 156 g/mol. The third kappa shape index (κ3) is 2.09. The zero-order valence-electron chi connectivity index (χ0n) is 6.23. The van der Waals surface area contributed by atoms with Gasteiger partial charge >= 0.3 is 0 Å². The van der Waals surface area contributed by atoms with Crippen molar-refractivity contribution in [2.75, 3.05) is 0 Å². The van der Waals surface area contributed by atoms with E-state index in [0.29, 0.717) is 11.8 Å². The molecule has 0 amide bonds. The summed E-state index contributed by atoms with van der Waals surface area (Å²) in [5.41, 5.74) is 7.73. The molecule has 0 radical (unpaired) electrons. The number of hydrogen-bond donors (Lipinski definition) is 0. The van der Waals surface area contributed by atoms with Crippen molar-refractivity contribution in [1.82, 2.24) is 0 Å². The van der Waals surface area contributed by atoms with Crippen LogP contribution in [-0.2, 0) is 0 Å². The summed E-state index contributed by atoms with van der Waals surface area (Å²) in [6, 6.07) is 8.57. The van der Waals surface area contributed by atoms with Crippen LogP contribution in [0.1, 0.15) is 5.56 Å². The summed E-state index contributed by atoms with van der Waals surface area (Å²) >= 11 is 0. The molecule has 0 aromatic heterocycles. The monoisotopic (exact) mass is 163 g/mol. The molecule has 4 nitrogen and oxygen atoms in total. The maximum Gasteiger partial charge on any atom is 0.220 e. The molecule has 1 aromatic carbocycles. The van der Waals surface area contributed by atoms with Gasteiger partial charge in [-0.3, -0.25) is 10.1 Å². The molecule has 0 saturated heterocycles. The standard InChI is InChI=1S/C8H7N2O2/c9-8(6-10(11)12)7-4-2-1-3-5-7/h1-6,9H/q-1. The van der Waals surface area contributed by atoms with E-state index in [-0.39, 0.29) is 5.70 Å². The zero-order valence-corrected chi connectivity index (χ0v) is 6.23. The topological polar surface area (TPSA) is 66.9 Å². The van der Waals surface area contributed by atoms with Gasteiger partial charge in [0.05, 0.1) is 4.92 Å². The summed E-state index contributed by atoms with van der Waals surface area (Å²) in [5, 5.41) is 9.99. The number of nitro groups is 1. The molecule has 1 N–H and O–H groups in total. The van der Waals surface area contributed by atoms with Gasteiger partial charge in [-0.2, -0.15) is 0 Å². The Hall–Kier alpha value is -1.84. The van der Waals surface area contributed by atoms with E-state index in [2.05, 4.69) is 0 Å². The molecule has 0 fully saturated rings. The molecule has 0 unspecified atom stereocenters. The SMILES string of the molecule is [NH-]C(=C[N+](=O)[O-])c1ccccc1. The van der Waals surface area contributed by atoms with Crippen LogP contribution in [0.15, 0.2) is 36.5 Å². The van der Waals surface area contributed by atoms with Gasteiger partial charge in [0.1, 0.15) is 0 Å². The summed E-state index contributed by atoms with van der Waals surface area (Å²) in [6.45, 7) is 0. The summed E-state index contributed by atoms with van der Waals surface area (Å²) in [7, 11) is 0. The van der Waals surface area contributed by atoms with E-state index in [1.165, 1.54) is 0 Å². The molecule has 0 aliphatic rings. The molecule has 0 atom stereocenters.